The SMILES string of the molecule is CC(C)(C)OC(=O)N[C@@H](Cc1ccc(N2CCNCC2)cc1)C(=O)O. The van der Waals surface area contributed by atoms with E-state index >= 15 is 0 Å². The van der Waals surface area contributed by atoms with Gasteiger partial charge in [0.05, 0.1) is 0 Å². The average molecular weight is 349 g/mol. The summed E-state index contributed by atoms with van der Waals surface area (Å²) in [6.45, 7) is 9.03. The number of ether oxygens (including phenoxy) is 1. The zero-order valence-corrected chi connectivity index (χ0v) is 15.0. The molecule has 1 aromatic rings. The van der Waals surface area contributed by atoms with E-state index in [9.17, 15) is 14.7 Å². The second-order valence-corrected chi connectivity index (χ2v) is 7.14. The molecule has 1 fully saturated rings. The fraction of sp³-hybridized carbons (Fsp3) is 0.556. The van der Waals surface area contributed by atoms with E-state index in [0.717, 1.165) is 37.4 Å². The van der Waals surface area contributed by atoms with Crippen LogP contribution >= 0.6 is 0 Å². The van der Waals surface area contributed by atoms with Gasteiger partial charge in [0.1, 0.15) is 11.6 Å². The van der Waals surface area contributed by atoms with Gasteiger partial charge in [-0.15, -0.1) is 0 Å². The Morgan fingerprint density at radius 1 is 1.24 bits per heavy atom. The van der Waals surface area contributed by atoms with Crippen molar-refractivity contribution in [1.29, 1.82) is 0 Å². The number of carbonyl (C=O) groups excluding carboxylic acids is 1. The molecule has 0 spiro atoms. The van der Waals surface area contributed by atoms with Crippen LogP contribution in [0.3, 0.4) is 0 Å². The van der Waals surface area contributed by atoms with Crippen LogP contribution in [0, 0.1) is 0 Å². The largest absolute Gasteiger partial charge is 0.480 e. The van der Waals surface area contributed by atoms with Crippen molar-refractivity contribution < 1.29 is 19.4 Å². The van der Waals surface area contributed by atoms with E-state index in [4.69, 9.17) is 4.74 Å². The molecule has 25 heavy (non-hydrogen) atoms. The van der Waals surface area contributed by atoms with E-state index in [0.29, 0.717) is 0 Å². The summed E-state index contributed by atoms with van der Waals surface area (Å²) in [6, 6.07) is 6.77. The van der Waals surface area contributed by atoms with Gasteiger partial charge >= 0.3 is 12.1 Å². The van der Waals surface area contributed by atoms with Crippen molar-refractivity contribution in [2.45, 2.75) is 38.8 Å². The monoisotopic (exact) mass is 349 g/mol. The van der Waals surface area contributed by atoms with Crippen LogP contribution in [0.25, 0.3) is 0 Å². The van der Waals surface area contributed by atoms with Crippen molar-refractivity contribution in [1.82, 2.24) is 10.6 Å². The lowest BCUT2D eigenvalue weighted by atomic mass is 10.1. The second kappa shape index (κ2) is 8.20. The maximum Gasteiger partial charge on any atom is 0.408 e. The fourth-order valence-electron chi connectivity index (χ4n) is 2.65. The molecule has 0 unspecified atom stereocenters. The molecule has 0 bridgehead atoms. The number of benzene rings is 1. The number of carboxylic acids is 1. The number of amides is 1. The number of carboxylic acid groups (broad SMARTS) is 1. The minimum absolute atomic E-state index is 0.205. The Morgan fingerprint density at radius 3 is 2.36 bits per heavy atom. The van der Waals surface area contributed by atoms with E-state index in [1.165, 1.54) is 0 Å². The number of hydrogen-bond acceptors (Lipinski definition) is 5. The van der Waals surface area contributed by atoms with Crippen molar-refractivity contribution in [3.05, 3.63) is 29.8 Å². The topological polar surface area (TPSA) is 90.9 Å². The lowest BCUT2D eigenvalue weighted by Crippen LogP contribution is -2.44. The highest BCUT2D eigenvalue weighted by Gasteiger charge is 2.24. The zero-order chi connectivity index (χ0) is 18.4. The Bertz CT molecular complexity index is 589. The molecule has 1 aromatic carbocycles. The van der Waals surface area contributed by atoms with Gasteiger partial charge in [-0.2, -0.15) is 0 Å². The van der Waals surface area contributed by atoms with Gasteiger partial charge in [-0.1, -0.05) is 12.1 Å². The summed E-state index contributed by atoms with van der Waals surface area (Å²) < 4.78 is 5.13. The molecular weight excluding hydrogens is 322 g/mol. The van der Waals surface area contributed by atoms with Crippen molar-refractivity contribution >= 4 is 17.7 Å². The Kier molecular flexibility index (Phi) is 6.25. The Balaban J connectivity index is 1.97. The highest BCUT2D eigenvalue weighted by atomic mass is 16.6. The van der Waals surface area contributed by atoms with Crippen molar-refractivity contribution in [3.8, 4) is 0 Å². The molecule has 1 atom stereocenters. The molecule has 2 rings (SSSR count). The van der Waals surface area contributed by atoms with Crippen LogP contribution < -0.4 is 15.5 Å². The van der Waals surface area contributed by atoms with Gasteiger partial charge in [0.25, 0.3) is 0 Å². The summed E-state index contributed by atoms with van der Waals surface area (Å²) in [6.07, 6.45) is -0.520. The number of carbonyl (C=O) groups is 2. The number of piperazine rings is 1. The van der Waals surface area contributed by atoms with Crippen LogP contribution in [0.1, 0.15) is 26.3 Å². The first-order valence-corrected chi connectivity index (χ1v) is 8.51. The van der Waals surface area contributed by atoms with Gasteiger partial charge < -0.3 is 25.4 Å². The quantitative estimate of drug-likeness (QED) is 0.748. The predicted octanol–water partition coefficient (Wildman–Crippen LogP) is 1.62. The second-order valence-electron chi connectivity index (χ2n) is 7.14. The standard InChI is InChI=1S/C18H27N3O4/c1-18(2,3)25-17(24)20-15(16(22)23)12-13-4-6-14(7-5-13)21-10-8-19-9-11-21/h4-7,15,19H,8-12H2,1-3H3,(H,20,24)(H,22,23)/t15-/m0/s1. The van der Waals surface area contributed by atoms with Gasteiger partial charge in [-0.05, 0) is 38.5 Å². The first-order valence-electron chi connectivity index (χ1n) is 8.51. The number of nitrogens with one attached hydrogen (secondary N) is 2. The third-order valence-corrected chi connectivity index (χ3v) is 3.85. The summed E-state index contributed by atoms with van der Waals surface area (Å²) in [5, 5.41) is 15.1. The number of aliphatic carboxylic acids is 1. The molecule has 0 radical (unpaired) electrons. The van der Waals surface area contributed by atoms with Gasteiger partial charge in [-0.25, -0.2) is 9.59 Å². The van der Waals surface area contributed by atoms with Gasteiger partial charge in [0.15, 0.2) is 0 Å². The normalized spacial score (nSPS) is 16.2. The number of hydrogen-bond donors (Lipinski definition) is 3. The number of anilines is 1. The molecule has 7 heteroatoms. The molecule has 1 amide bonds. The molecular formula is C18H27N3O4. The van der Waals surface area contributed by atoms with Crippen LogP contribution in [-0.2, 0) is 16.0 Å². The summed E-state index contributed by atoms with van der Waals surface area (Å²) >= 11 is 0. The summed E-state index contributed by atoms with van der Waals surface area (Å²) in [5.74, 6) is -1.09. The minimum Gasteiger partial charge on any atom is -0.480 e. The van der Waals surface area contributed by atoms with Crippen LogP contribution in [0.15, 0.2) is 24.3 Å². The first-order chi connectivity index (χ1) is 11.7. The molecule has 0 saturated carbocycles. The summed E-state index contributed by atoms with van der Waals surface area (Å²) in [4.78, 5) is 25.5. The highest BCUT2D eigenvalue weighted by Crippen LogP contribution is 2.17. The van der Waals surface area contributed by atoms with E-state index in [1.807, 2.05) is 24.3 Å². The third-order valence-electron chi connectivity index (χ3n) is 3.85. The molecule has 1 heterocycles. The molecule has 1 aliphatic heterocycles. The van der Waals surface area contributed by atoms with Gasteiger partial charge in [-0.3, -0.25) is 0 Å². The molecule has 0 aliphatic carbocycles. The lowest BCUT2D eigenvalue weighted by Gasteiger charge is -2.29. The van der Waals surface area contributed by atoms with E-state index in [1.54, 1.807) is 20.8 Å². The first kappa shape index (κ1) is 19.1. The molecule has 3 N–H and O–H groups in total. The van der Waals surface area contributed by atoms with Crippen LogP contribution in [0.5, 0.6) is 0 Å². The lowest BCUT2D eigenvalue weighted by molar-refractivity contribution is -0.139. The van der Waals surface area contributed by atoms with Gasteiger partial charge in [0, 0.05) is 38.3 Å². The fourth-order valence-corrected chi connectivity index (χ4v) is 2.65. The number of nitrogens with zero attached hydrogens (tertiary/aromatic N) is 1. The van der Waals surface area contributed by atoms with E-state index < -0.39 is 23.7 Å². The molecule has 138 valence electrons. The predicted molar refractivity (Wildman–Crippen MR) is 96.0 cm³/mol. The average Bonchev–Trinajstić information content (AvgIpc) is 2.54. The van der Waals surface area contributed by atoms with Crippen LogP contribution in [0.2, 0.25) is 0 Å². The van der Waals surface area contributed by atoms with E-state index in [2.05, 4.69) is 15.5 Å². The molecule has 0 aromatic heterocycles. The number of rotatable bonds is 5. The third kappa shape index (κ3) is 6.26. The van der Waals surface area contributed by atoms with Crippen molar-refractivity contribution in [2.24, 2.45) is 0 Å². The molecule has 7 nitrogen and oxygen atoms in total. The molecule has 1 saturated heterocycles. The zero-order valence-electron chi connectivity index (χ0n) is 15.0. The maximum absolute atomic E-state index is 11.8. The van der Waals surface area contributed by atoms with Gasteiger partial charge in [0.2, 0.25) is 0 Å². The van der Waals surface area contributed by atoms with Crippen LogP contribution in [-0.4, -0.2) is 55.0 Å². The Labute approximate surface area is 148 Å². The van der Waals surface area contributed by atoms with Crippen molar-refractivity contribution in [2.75, 3.05) is 31.1 Å². The van der Waals surface area contributed by atoms with Crippen molar-refractivity contribution in [3.63, 3.8) is 0 Å². The van der Waals surface area contributed by atoms with E-state index in [-0.39, 0.29) is 6.42 Å². The Hall–Kier alpha value is -2.28. The molecule has 1 aliphatic rings. The Morgan fingerprint density at radius 2 is 1.84 bits per heavy atom. The minimum atomic E-state index is -1.09. The summed E-state index contributed by atoms with van der Waals surface area (Å²) in [7, 11) is 0. The maximum atomic E-state index is 11.8. The van der Waals surface area contributed by atoms with Crippen LogP contribution in [0.4, 0.5) is 10.5 Å². The highest BCUT2D eigenvalue weighted by molar-refractivity contribution is 5.80. The summed E-state index contributed by atoms with van der Waals surface area (Å²) in [5.41, 5.74) is 1.30. The number of alkyl carbamates (subject to hydrolysis) is 1. The smallest absolute Gasteiger partial charge is 0.408 e.